The number of carbonyl (C=O) groups excluding carboxylic acids is 4. The molecule has 5 atom stereocenters. The number of ether oxygens (including phenoxy) is 4. The number of hydrogen-bond donors (Lipinski definition) is 3. The monoisotopic (exact) mass is 1380 g/mol. The Labute approximate surface area is 575 Å². The molecule has 0 heterocycles. The van der Waals surface area contributed by atoms with Gasteiger partial charge in [0, 0.05) is 25.7 Å². The first-order valence-electron chi connectivity index (χ1n) is 39.1. The summed E-state index contributed by atoms with van der Waals surface area (Å²) in [5.74, 6) is -1.33. The largest absolute Gasteiger partial charge is 0.472 e. The van der Waals surface area contributed by atoms with E-state index in [0.29, 0.717) is 25.7 Å². The summed E-state index contributed by atoms with van der Waals surface area (Å²) in [5.41, 5.74) is 0. The van der Waals surface area contributed by atoms with Crippen molar-refractivity contribution in [3.63, 3.8) is 0 Å². The van der Waals surface area contributed by atoms with Crippen LogP contribution in [-0.2, 0) is 65.4 Å². The minimum Gasteiger partial charge on any atom is -0.462 e. The summed E-state index contributed by atoms with van der Waals surface area (Å²) in [4.78, 5) is 72.7. The molecule has 2 unspecified atom stereocenters. The minimum absolute atomic E-state index is 0.107. The van der Waals surface area contributed by atoms with Crippen LogP contribution in [0.1, 0.15) is 394 Å². The van der Waals surface area contributed by atoms with Crippen molar-refractivity contribution in [2.75, 3.05) is 39.6 Å². The average Bonchev–Trinajstić information content (AvgIpc) is 2.00. The molecule has 19 heteroatoms. The third-order valence-corrected chi connectivity index (χ3v) is 19.4. The lowest BCUT2D eigenvalue weighted by Gasteiger charge is -2.21. The van der Waals surface area contributed by atoms with E-state index in [9.17, 15) is 43.2 Å². The molecule has 0 fully saturated rings. The van der Waals surface area contributed by atoms with Crippen molar-refractivity contribution >= 4 is 39.5 Å². The molecular weight excluding hydrogens is 1230 g/mol. The normalized spacial score (nSPS) is 14.0. The summed E-state index contributed by atoms with van der Waals surface area (Å²) in [6.07, 6.45) is 56.8. The fourth-order valence-corrected chi connectivity index (χ4v) is 13.1. The van der Waals surface area contributed by atoms with E-state index in [2.05, 4.69) is 34.6 Å². The van der Waals surface area contributed by atoms with Crippen LogP contribution in [0, 0.1) is 5.92 Å². The minimum atomic E-state index is -4.96. The maximum atomic E-state index is 13.1. The fourth-order valence-electron chi connectivity index (χ4n) is 11.5. The fraction of sp³-hybridized carbons (Fsp3) is 0.947. The van der Waals surface area contributed by atoms with Gasteiger partial charge in [-0.05, 0) is 31.6 Å². The van der Waals surface area contributed by atoms with Crippen LogP contribution >= 0.6 is 15.6 Å². The maximum Gasteiger partial charge on any atom is 0.472 e. The van der Waals surface area contributed by atoms with Crippen molar-refractivity contribution in [3.05, 3.63) is 0 Å². The predicted molar refractivity (Wildman–Crippen MR) is 382 cm³/mol. The summed E-state index contributed by atoms with van der Waals surface area (Å²) < 4.78 is 68.5. The van der Waals surface area contributed by atoms with Gasteiger partial charge in [0.25, 0.3) is 0 Å². The van der Waals surface area contributed by atoms with Gasteiger partial charge in [0.05, 0.1) is 26.4 Å². The predicted octanol–water partition coefficient (Wildman–Crippen LogP) is 22.1. The molecule has 0 saturated heterocycles. The van der Waals surface area contributed by atoms with Crippen molar-refractivity contribution in [1.82, 2.24) is 0 Å². The molecule has 0 aliphatic heterocycles. The molecule has 0 aliphatic carbocycles. The van der Waals surface area contributed by atoms with Crippen LogP contribution in [0.25, 0.3) is 0 Å². The highest BCUT2D eigenvalue weighted by atomic mass is 31.2. The number of aliphatic hydroxyl groups excluding tert-OH is 1. The van der Waals surface area contributed by atoms with E-state index >= 15 is 0 Å². The number of rotatable bonds is 75. The van der Waals surface area contributed by atoms with Gasteiger partial charge >= 0.3 is 39.5 Å². The Morgan fingerprint density at radius 3 is 0.723 bits per heavy atom. The van der Waals surface area contributed by atoms with Gasteiger partial charge in [0.15, 0.2) is 12.2 Å². The lowest BCUT2D eigenvalue weighted by Crippen LogP contribution is -2.30. The quantitative estimate of drug-likeness (QED) is 0.0222. The Bertz CT molecular complexity index is 1810. The molecule has 17 nitrogen and oxygen atoms in total. The van der Waals surface area contributed by atoms with E-state index in [-0.39, 0.29) is 25.7 Å². The Balaban J connectivity index is 5.23. The summed E-state index contributed by atoms with van der Waals surface area (Å²) in [7, 11) is -9.91. The molecule has 0 rings (SSSR count). The van der Waals surface area contributed by atoms with Gasteiger partial charge in [-0.1, -0.05) is 343 Å². The molecule has 0 radical (unpaired) electrons. The van der Waals surface area contributed by atoms with Crippen molar-refractivity contribution in [2.45, 2.75) is 412 Å². The summed E-state index contributed by atoms with van der Waals surface area (Å²) in [6.45, 7) is 7.29. The zero-order valence-electron chi connectivity index (χ0n) is 61.1. The number of phosphoric ester groups is 2. The first-order chi connectivity index (χ1) is 45.5. The van der Waals surface area contributed by atoms with Gasteiger partial charge < -0.3 is 33.8 Å². The Morgan fingerprint density at radius 1 is 0.287 bits per heavy atom. The van der Waals surface area contributed by atoms with E-state index < -0.39 is 97.5 Å². The molecule has 0 aliphatic rings. The molecule has 3 N–H and O–H groups in total. The number of esters is 4. The molecule has 94 heavy (non-hydrogen) atoms. The van der Waals surface area contributed by atoms with E-state index in [1.807, 2.05) is 0 Å². The highest BCUT2D eigenvalue weighted by molar-refractivity contribution is 7.47. The van der Waals surface area contributed by atoms with Crippen LogP contribution in [0.15, 0.2) is 0 Å². The van der Waals surface area contributed by atoms with Crippen LogP contribution in [0.3, 0.4) is 0 Å². The smallest absolute Gasteiger partial charge is 0.462 e. The van der Waals surface area contributed by atoms with Gasteiger partial charge in [-0.2, -0.15) is 0 Å². The number of aliphatic hydroxyl groups is 1. The van der Waals surface area contributed by atoms with E-state index in [0.717, 1.165) is 95.8 Å². The zero-order chi connectivity index (χ0) is 69.1. The van der Waals surface area contributed by atoms with E-state index in [1.54, 1.807) is 0 Å². The van der Waals surface area contributed by atoms with Gasteiger partial charge in [0.2, 0.25) is 0 Å². The summed E-state index contributed by atoms with van der Waals surface area (Å²) >= 11 is 0. The van der Waals surface area contributed by atoms with Crippen LogP contribution < -0.4 is 0 Å². The van der Waals surface area contributed by atoms with Gasteiger partial charge in [-0.25, -0.2) is 9.13 Å². The molecule has 0 aromatic heterocycles. The molecule has 0 saturated carbocycles. The molecular formula is C75H146O17P2. The van der Waals surface area contributed by atoms with Gasteiger partial charge in [0.1, 0.15) is 19.3 Å². The molecule has 0 amide bonds. The average molecular weight is 1380 g/mol. The zero-order valence-corrected chi connectivity index (χ0v) is 62.9. The van der Waals surface area contributed by atoms with Gasteiger partial charge in [-0.3, -0.25) is 37.3 Å². The second kappa shape index (κ2) is 68.2. The first kappa shape index (κ1) is 92.1. The first-order valence-corrected chi connectivity index (χ1v) is 42.1. The van der Waals surface area contributed by atoms with E-state index in [1.165, 1.54) is 218 Å². The van der Waals surface area contributed by atoms with E-state index in [4.69, 9.17) is 37.0 Å². The summed E-state index contributed by atoms with van der Waals surface area (Å²) in [6, 6.07) is 0. The lowest BCUT2D eigenvalue weighted by atomic mass is 10.0. The molecule has 558 valence electrons. The Hall–Kier alpha value is -1.94. The van der Waals surface area contributed by atoms with Crippen molar-refractivity contribution in [2.24, 2.45) is 5.92 Å². The second-order valence-electron chi connectivity index (χ2n) is 27.5. The maximum absolute atomic E-state index is 13.1. The van der Waals surface area contributed by atoms with Crippen molar-refractivity contribution in [3.8, 4) is 0 Å². The molecule has 0 spiro atoms. The lowest BCUT2D eigenvalue weighted by molar-refractivity contribution is -0.161. The number of carbonyl (C=O) groups is 4. The standard InChI is InChI=1S/C75H146O17P2/c1-6-9-12-15-18-21-24-25-26-27-28-29-30-36-41-46-51-56-61-75(80)92-71(65-86-73(78)59-54-49-44-39-35-32-31-34-37-42-47-52-57-68(4)5)67-90-94(83,84)88-63-69(76)62-87-93(81,82)89-66-70(64-85-72(77)58-53-48-43-38-23-20-17-14-11-8-3)91-74(79)60-55-50-45-40-33-22-19-16-13-10-7-2/h68-71,76H,6-67H2,1-5H3,(H,81,82)(H,83,84)/t69-,70+,71+/m0/s1. The Morgan fingerprint density at radius 2 is 0.489 bits per heavy atom. The van der Waals surface area contributed by atoms with Crippen LogP contribution in [0.5, 0.6) is 0 Å². The second-order valence-corrected chi connectivity index (χ2v) is 30.4. The molecule has 0 bridgehead atoms. The van der Waals surface area contributed by atoms with Crippen molar-refractivity contribution < 1.29 is 80.2 Å². The molecule has 0 aromatic carbocycles. The topological polar surface area (TPSA) is 237 Å². The third kappa shape index (κ3) is 68.6. The van der Waals surface area contributed by atoms with Gasteiger partial charge in [-0.15, -0.1) is 0 Å². The molecule has 0 aromatic rings. The Kier molecular flexibility index (Phi) is 66.8. The highest BCUT2D eigenvalue weighted by Crippen LogP contribution is 2.45. The SMILES string of the molecule is CCCCCCCCCCCCCCCCCCCCC(=O)O[C@H](COC(=O)CCCCCCCCCCCCCCC(C)C)COP(=O)(O)OC[C@@H](O)COP(=O)(O)OC[C@@H](COC(=O)CCCCCCCCCCCC)OC(=O)CCCCCCCCCCCCC. The highest BCUT2D eigenvalue weighted by Gasteiger charge is 2.30. The third-order valence-electron chi connectivity index (χ3n) is 17.5. The summed E-state index contributed by atoms with van der Waals surface area (Å²) in [5, 5.41) is 10.6. The van der Waals surface area contributed by atoms with Crippen LogP contribution in [0.2, 0.25) is 0 Å². The van der Waals surface area contributed by atoms with Crippen LogP contribution in [0.4, 0.5) is 0 Å². The van der Waals surface area contributed by atoms with Crippen LogP contribution in [-0.4, -0.2) is 96.7 Å². The number of phosphoric acid groups is 2. The number of hydrogen-bond acceptors (Lipinski definition) is 15. The van der Waals surface area contributed by atoms with Crippen molar-refractivity contribution in [1.29, 1.82) is 0 Å². The number of unbranched alkanes of at least 4 members (excludes halogenated alkanes) is 47.